The highest BCUT2D eigenvalue weighted by Crippen LogP contribution is 2.26. The molecule has 6 nitrogen and oxygen atoms in total. The molecule has 0 aliphatic rings. The quantitative estimate of drug-likeness (QED) is 0.695. The monoisotopic (exact) mass is 303 g/mol. The first-order chi connectivity index (χ1) is 10.2. The van der Waals surface area contributed by atoms with Crippen LogP contribution >= 0.6 is 11.6 Å². The summed E-state index contributed by atoms with van der Waals surface area (Å²) < 4.78 is 9.01. The Bertz CT molecular complexity index is 750. The van der Waals surface area contributed by atoms with Crippen molar-refractivity contribution in [2.24, 2.45) is 7.05 Å². The lowest BCUT2D eigenvalue weighted by molar-refractivity contribution is 0.396. The second-order valence-corrected chi connectivity index (χ2v) is 4.80. The van der Waals surface area contributed by atoms with Gasteiger partial charge in [-0.05, 0) is 19.1 Å². The van der Waals surface area contributed by atoms with Crippen LogP contribution < -0.4 is 4.74 Å². The summed E-state index contributed by atoms with van der Waals surface area (Å²) in [5.41, 5.74) is 2.60. The smallest absolute Gasteiger partial charge is 0.342 e. The summed E-state index contributed by atoms with van der Waals surface area (Å²) in [6.07, 6.45) is 1.61. The summed E-state index contributed by atoms with van der Waals surface area (Å²) in [5.74, 6) is 0.891. The Hall–Kier alpha value is -2.34. The van der Waals surface area contributed by atoms with Crippen LogP contribution in [0.2, 0.25) is 0 Å². The van der Waals surface area contributed by atoms with E-state index in [1.807, 2.05) is 37.3 Å². The third kappa shape index (κ3) is 2.62. The van der Waals surface area contributed by atoms with Crippen molar-refractivity contribution in [1.29, 1.82) is 0 Å². The van der Waals surface area contributed by atoms with Gasteiger partial charge >= 0.3 is 6.01 Å². The Morgan fingerprint density at radius 2 is 1.95 bits per heavy atom. The van der Waals surface area contributed by atoms with Crippen molar-refractivity contribution in [1.82, 2.24) is 24.5 Å². The minimum atomic E-state index is 0.258. The molecule has 0 aliphatic carbocycles. The maximum atomic E-state index is 5.94. The Labute approximate surface area is 126 Å². The van der Waals surface area contributed by atoms with E-state index >= 15 is 0 Å². The Kier molecular flexibility index (Phi) is 3.62. The maximum absolute atomic E-state index is 5.94. The normalized spacial score (nSPS) is 10.8. The zero-order chi connectivity index (χ0) is 14.8. The number of ether oxygens (including phenoxy) is 1. The summed E-state index contributed by atoms with van der Waals surface area (Å²) in [6, 6.07) is 9.96. The highest BCUT2D eigenvalue weighted by molar-refractivity contribution is 6.17. The molecule has 0 bridgehead atoms. The SMILES string of the molecule is Cc1nn(C)c(Oc2ncn(-c3ccccc3)n2)c1CCl. The number of aryl methyl sites for hydroxylation is 2. The first-order valence-electron chi connectivity index (χ1n) is 6.42. The van der Waals surface area contributed by atoms with Gasteiger partial charge in [-0.15, -0.1) is 16.7 Å². The molecule has 108 valence electrons. The second kappa shape index (κ2) is 5.57. The van der Waals surface area contributed by atoms with E-state index in [9.17, 15) is 0 Å². The summed E-state index contributed by atoms with van der Waals surface area (Å²) in [7, 11) is 1.80. The number of aromatic nitrogens is 5. The molecule has 0 radical (unpaired) electrons. The number of alkyl halides is 1. The van der Waals surface area contributed by atoms with Gasteiger partial charge in [0.2, 0.25) is 5.88 Å². The fourth-order valence-electron chi connectivity index (χ4n) is 2.05. The Morgan fingerprint density at radius 1 is 1.19 bits per heavy atom. The van der Waals surface area contributed by atoms with Gasteiger partial charge in [-0.3, -0.25) is 0 Å². The van der Waals surface area contributed by atoms with Gasteiger partial charge < -0.3 is 4.74 Å². The van der Waals surface area contributed by atoms with E-state index in [1.54, 1.807) is 22.7 Å². The fourth-order valence-corrected chi connectivity index (χ4v) is 2.36. The molecular formula is C14H14ClN5O. The topological polar surface area (TPSA) is 57.8 Å². The number of hydrogen-bond donors (Lipinski definition) is 0. The van der Waals surface area contributed by atoms with Crippen LogP contribution in [0.4, 0.5) is 0 Å². The second-order valence-electron chi connectivity index (χ2n) is 4.54. The molecule has 2 heterocycles. The van der Waals surface area contributed by atoms with Gasteiger partial charge in [-0.2, -0.15) is 10.1 Å². The van der Waals surface area contributed by atoms with Crippen LogP contribution in [0.3, 0.4) is 0 Å². The molecular weight excluding hydrogens is 290 g/mol. The van der Waals surface area contributed by atoms with E-state index < -0.39 is 0 Å². The number of rotatable bonds is 4. The minimum absolute atomic E-state index is 0.258. The predicted octanol–water partition coefficient (Wildman–Crippen LogP) is 2.84. The van der Waals surface area contributed by atoms with Crippen molar-refractivity contribution in [3.63, 3.8) is 0 Å². The fraction of sp³-hybridized carbons (Fsp3) is 0.214. The largest absolute Gasteiger partial charge is 0.404 e. The molecule has 2 aromatic heterocycles. The molecule has 1 aromatic carbocycles. The van der Waals surface area contributed by atoms with Crippen LogP contribution in [0.5, 0.6) is 11.9 Å². The number of benzene rings is 1. The molecule has 7 heteroatoms. The van der Waals surface area contributed by atoms with Crippen LogP contribution in [-0.4, -0.2) is 24.5 Å². The summed E-state index contributed by atoms with van der Waals surface area (Å²) in [6.45, 7) is 1.89. The first kappa shape index (κ1) is 13.6. The maximum Gasteiger partial charge on any atom is 0.342 e. The van der Waals surface area contributed by atoms with Crippen LogP contribution in [0.1, 0.15) is 11.3 Å². The van der Waals surface area contributed by atoms with Gasteiger partial charge in [0.05, 0.1) is 22.8 Å². The van der Waals surface area contributed by atoms with E-state index in [0.29, 0.717) is 11.8 Å². The molecule has 21 heavy (non-hydrogen) atoms. The third-order valence-corrected chi connectivity index (χ3v) is 3.37. The van der Waals surface area contributed by atoms with E-state index in [0.717, 1.165) is 16.9 Å². The molecule has 0 saturated carbocycles. The van der Waals surface area contributed by atoms with Crippen LogP contribution in [0.25, 0.3) is 5.69 Å². The van der Waals surface area contributed by atoms with Gasteiger partial charge in [0.25, 0.3) is 0 Å². The molecule has 3 rings (SSSR count). The zero-order valence-corrected chi connectivity index (χ0v) is 12.4. The predicted molar refractivity (Wildman–Crippen MR) is 78.9 cm³/mol. The number of halogens is 1. The number of para-hydroxylation sites is 1. The zero-order valence-electron chi connectivity index (χ0n) is 11.7. The van der Waals surface area contributed by atoms with E-state index in [1.165, 1.54) is 0 Å². The van der Waals surface area contributed by atoms with E-state index in [-0.39, 0.29) is 6.01 Å². The third-order valence-electron chi connectivity index (χ3n) is 3.10. The molecule has 3 aromatic rings. The highest BCUT2D eigenvalue weighted by atomic mass is 35.5. The number of hydrogen-bond acceptors (Lipinski definition) is 4. The average Bonchev–Trinajstić information content (AvgIpc) is 3.06. The highest BCUT2D eigenvalue weighted by Gasteiger charge is 2.16. The average molecular weight is 304 g/mol. The van der Waals surface area contributed by atoms with Crippen LogP contribution in [0.15, 0.2) is 36.7 Å². The molecule has 0 amide bonds. The molecule has 0 atom stereocenters. The van der Waals surface area contributed by atoms with Crippen molar-refractivity contribution in [2.45, 2.75) is 12.8 Å². The van der Waals surface area contributed by atoms with Gasteiger partial charge in [-0.1, -0.05) is 18.2 Å². The standard InChI is InChI=1S/C14H14ClN5O/c1-10-12(8-15)13(19(2)17-10)21-14-16-9-20(18-14)11-6-4-3-5-7-11/h3-7,9H,8H2,1-2H3. The molecule has 0 aliphatic heterocycles. The molecule has 0 N–H and O–H groups in total. The van der Waals surface area contributed by atoms with Crippen molar-refractivity contribution in [3.05, 3.63) is 47.9 Å². The van der Waals surface area contributed by atoms with Gasteiger partial charge in [0.1, 0.15) is 6.33 Å². The van der Waals surface area contributed by atoms with Gasteiger partial charge in [0.15, 0.2) is 0 Å². The van der Waals surface area contributed by atoms with Crippen LogP contribution in [-0.2, 0) is 12.9 Å². The lowest BCUT2D eigenvalue weighted by Gasteiger charge is -2.03. The van der Waals surface area contributed by atoms with E-state index in [4.69, 9.17) is 16.3 Å². The molecule has 0 fully saturated rings. The van der Waals surface area contributed by atoms with Crippen molar-refractivity contribution >= 4 is 11.6 Å². The molecule has 0 spiro atoms. The van der Waals surface area contributed by atoms with Gasteiger partial charge in [-0.25, -0.2) is 9.36 Å². The lowest BCUT2D eigenvalue weighted by Crippen LogP contribution is -1.99. The molecule has 0 unspecified atom stereocenters. The van der Waals surface area contributed by atoms with Gasteiger partial charge in [0, 0.05) is 7.05 Å². The first-order valence-corrected chi connectivity index (χ1v) is 6.96. The summed E-state index contributed by atoms with van der Waals surface area (Å²) in [5, 5.41) is 8.59. The Balaban J connectivity index is 1.89. The van der Waals surface area contributed by atoms with Crippen molar-refractivity contribution in [2.75, 3.05) is 0 Å². The van der Waals surface area contributed by atoms with Crippen molar-refractivity contribution < 1.29 is 4.74 Å². The minimum Gasteiger partial charge on any atom is -0.404 e. The lowest BCUT2D eigenvalue weighted by atomic mass is 10.3. The van der Waals surface area contributed by atoms with Crippen LogP contribution in [0, 0.1) is 6.92 Å². The molecule has 0 saturated heterocycles. The number of nitrogens with zero attached hydrogens (tertiary/aromatic N) is 5. The summed E-state index contributed by atoms with van der Waals surface area (Å²) in [4.78, 5) is 4.16. The Morgan fingerprint density at radius 3 is 2.67 bits per heavy atom. The summed E-state index contributed by atoms with van der Waals surface area (Å²) >= 11 is 5.94. The van der Waals surface area contributed by atoms with Crippen molar-refractivity contribution in [3.8, 4) is 17.6 Å². The van der Waals surface area contributed by atoms with E-state index in [2.05, 4.69) is 15.2 Å².